The molecule has 1 saturated carbocycles. The topological polar surface area (TPSA) is 59.8 Å². The van der Waals surface area contributed by atoms with E-state index in [1.54, 1.807) is 0 Å². The monoisotopic (exact) mass is 380 g/mol. The van der Waals surface area contributed by atoms with Crippen LogP contribution in [0.4, 0.5) is 0 Å². The molecule has 0 atom stereocenters. The highest BCUT2D eigenvalue weighted by atomic mass is 79.9. The van der Waals surface area contributed by atoms with Crippen LogP contribution in [0, 0.1) is 0 Å². The minimum Gasteiger partial charge on any atom is -0.353 e. The molecule has 0 radical (unpaired) electrons. The van der Waals surface area contributed by atoms with Gasteiger partial charge in [-0.15, -0.1) is 10.2 Å². The van der Waals surface area contributed by atoms with Crippen LogP contribution in [0.2, 0.25) is 0 Å². The van der Waals surface area contributed by atoms with Gasteiger partial charge in [0.25, 0.3) is 0 Å². The maximum atomic E-state index is 11.8. The summed E-state index contributed by atoms with van der Waals surface area (Å²) in [6, 6.07) is 8.34. The van der Waals surface area contributed by atoms with Gasteiger partial charge in [0.05, 0.1) is 5.75 Å². The summed E-state index contributed by atoms with van der Waals surface area (Å²) in [6.07, 6.45) is 2.21. The number of nitrogens with zero attached hydrogens (tertiary/aromatic N) is 3. The number of carbonyl (C=O) groups is 1. The van der Waals surface area contributed by atoms with Crippen molar-refractivity contribution in [3.63, 3.8) is 0 Å². The summed E-state index contributed by atoms with van der Waals surface area (Å²) >= 11 is 4.98. The molecule has 116 valence electrons. The number of carbonyl (C=O) groups excluding carboxylic acids is 1. The molecule has 1 aromatic carbocycles. The quantitative estimate of drug-likeness (QED) is 0.782. The molecule has 0 aliphatic heterocycles. The standard InChI is InChI=1S/C15H17BrN4OS/c1-2-20-14(11-5-3-4-6-12(11)16)18-19-15(20)22-9-13(21)17-10-7-8-10/h3-6,10H,2,7-9H2,1H3,(H,17,21). The summed E-state index contributed by atoms with van der Waals surface area (Å²) in [6.45, 7) is 2.81. The molecule has 1 aliphatic carbocycles. The lowest BCUT2D eigenvalue weighted by Gasteiger charge is -2.08. The van der Waals surface area contributed by atoms with Gasteiger partial charge in [0, 0.05) is 22.6 Å². The van der Waals surface area contributed by atoms with E-state index in [-0.39, 0.29) is 5.91 Å². The van der Waals surface area contributed by atoms with Gasteiger partial charge in [-0.05, 0) is 25.8 Å². The maximum absolute atomic E-state index is 11.8. The summed E-state index contributed by atoms with van der Waals surface area (Å²) in [7, 11) is 0. The lowest BCUT2D eigenvalue weighted by atomic mass is 10.2. The second kappa shape index (κ2) is 6.83. The first-order valence-electron chi connectivity index (χ1n) is 7.29. The third-order valence-electron chi connectivity index (χ3n) is 3.42. The SMILES string of the molecule is CCn1c(SCC(=O)NC2CC2)nnc1-c1ccccc1Br. The molecule has 1 N–H and O–H groups in total. The van der Waals surface area contributed by atoms with Crippen LogP contribution in [0.25, 0.3) is 11.4 Å². The van der Waals surface area contributed by atoms with E-state index < -0.39 is 0 Å². The molecule has 3 rings (SSSR count). The number of rotatable bonds is 6. The Balaban J connectivity index is 1.75. The fourth-order valence-electron chi connectivity index (χ4n) is 2.15. The molecule has 0 unspecified atom stereocenters. The molecule has 2 aromatic rings. The number of benzene rings is 1. The summed E-state index contributed by atoms with van der Waals surface area (Å²) < 4.78 is 3.02. The summed E-state index contributed by atoms with van der Waals surface area (Å²) in [4.78, 5) is 11.8. The minimum absolute atomic E-state index is 0.0700. The van der Waals surface area contributed by atoms with E-state index in [0.29, 0.717) is 11.8 Å². The molecule has 1 aliphatic rings. The second-order valence-corrected chi connectivity index (χ2v) is 6.96. The predicted molar refractivity (Wildman–Crippen MR) is 90.7 cm³/mol. The van der Waals surface area contributed by atoms with Crippen molar-refractivity contribution in [2.75, 3.05) is 5.75 Å². The number of hydrogen-bond donors (Lipinski definition) is 1. The van der Waals surface area contributed by atoms with E-state index in [0.717, 1.165) is 40.4 Å². The van der Waals surface area contributed by atoms with Crippen molar-refractivity contribution in [2.45, 2.75) is 37.5 Å². The molecule has 0 saturated heterocycles. The largest absolute Gasteiger partial charge is 0.353 e. The first-order valence-corrected chi connectivity index (χ1v) is 9.07. The number of thioether (sulfide) groups is 1. The second-order valence-electron chi connectivity index (χ2n) is 5.16. The van der Waals surface area contributed by atoms with Crippen molar-refractivity contribution >= 4 is 33.6 Å². The van der Waals surface area contributed by atoms with Crippen molar-refractivity contribution in [2.24, 2.45) is 0 Å². The molecule has 7 heteroatoms. The lowest BCUT2D eigenvalue weighted by Crippen LogP contribution is -2.27. The Bertz CT molecular complexity index is 684. The summed E-state index contributed by atoms with van der Waals surface area (Å²) in [5.41, 5.74) is 1.01. The minimum atomic E-state index is 0.0700. The summed E-state index contributed by atoms with van der Waals surface area (Å²) in [5.74, 6) is 1.27. The number of nitrogens with one attached hydrogen (secondary N) is 1. The van der Waals surface area contributed by atoms with Crippen molar-refractivity contribution in [1.82, 2.24) is 20.1 Å². The lowest BCUT2D eigenvalue weighted by molar-refractivity contribution is -0.118. The zero-order valence-corrected chi connectivity index (χ0v) is 14.7. The van der Waals surface area contributed by atoms with Crippen LogP contribution in [-0.2, 0) is 11.3 Å². The average Bonchev–Trinajstić information content (AvgIpc) is 3.23. The Morgan fingerprint density at radius 3 is 2.86 bits per heavy atom. The third kappa shape index (κ3) is 3.52. The highest BCUT2D eigenvalue weighted by molar-refractivity contribution is 9.10. The Morgan fingerprint density at radius 2 is 2.18 bits per heavy atom. The van der Waals surface area contributed by atoms with Gasteiger partial charge < -0.3 is 9.88 Å². The molecule has 22 heavy (non-hydrogen) atoms. The van der Waals surface area contributed by atoms with Gasteiger partial charge in [0.1, 0.15) is 0 Å². The van der Waals surface area contributed by atoms with Gasteiger partial charge in [-0.25, -0.2) is 0 Å². The highest BCUT2D eigenvalue weighted by Crippen LogP contribution is 2.29. The molecule has 0 spiro atoms. The van der Waals surface area contributed by atoms with Gasteiger partial charge in [-0.3, -0.25) is 4.79 Å². The van der Waals surface area contributed by atoms with Crippen LogP contribution < -0.4 is 5.32 Å². The van der Waals surface area contributed by atoms with E-state index in [1.807, 2.05) is 28.8 Å². The Hall–Kier alpha value is -1.34. The van der Waals surface area contributed by atoms with Crippen molar-refractivity contribution in [3.05, 3.63) is 28.7 Å². The van der Waals surface area contributed by atoms with Gasteiger partial charge in [-0.1, -0.05) is 45.9 Å². The smallest absolute Gasteiger partial charge is 0.230 e. The zero-order chi connectivity index (χ0) is 15.5. The fourth-order valence-corrected chi connectivity index (χ4v) is 3.43. The highest BCUT2D eigenvalue weighted by Gasteiger charge is 2.23. The van der Waals surface area contributed by atoms with Crippen LogP contribution in [0.5, 0.6) is 0 Å². The maximum Gasteiger partial charge on any atom is 0.230 e. The van der Waals surface area contributed by atoms with Gasteiger partial charge in [0.2, 0.25) is 5.91 Å². The average molecular weight is 381 g/mol. The van der Waals surface area contributed by atoms with Gasteiger partial charge >= 0.3 is 0 Å². The van der Waals surface area contributed by atoms with E-state index in [9.17, 15) is 4.79 Å². The van der Waals surface area contributed by atoms with Crippen LogP contribution in [0.3, 0.4) is 0 Å². The van der Waals surface area contributed by atoms with Crippen molar-refractivity contribution in [1.29, 1.82) is 0 Å². The van der Waals surface area contributed by atoms with E-state index in [1.165, 1.54) is 11.8 Å². The Morgan fingerprint density at radius 1 is 1.41 bits per heavy atom. The van der Waals surface area contributed by atoms with Crippen LogP contribution in [-0.4, -0.2) is 32.5 Å². The molecule has 1 aromatic heterocycles. The first-order chi connectivity index (χ1) is 10.7. The summed E-state index contributed by atoms with van der Waals surface area (Å²) in [5, 5.41) is 12.3. The van der Waals surface area contributed by atoms with Crippen molar-refractivity contribution in [3.8, 4) is 11.4 Å². The van der Waals surface area contributed by atoms with Gasteiger partial charge in [-0.2, -0.15) is 0 Å². The van der Waals surface area contributed by atoms with E-state index >= 15 is 0 Å². The van der Waals surface area contributed by atoms with Gasteiger partial charge in [0.15, 0.2) is 11.0 Å². The molecule has 5 nitrogen and oxygen atoms in total. The number of halogens is 1. The fraction of sp³-hybridized carbons (Fsp3) is 0.400. The van der Waals surface area contributed by atoms with E-state index in [2.05, 4.69) is 38.4 Å². The molecule has 0 bridgehead atoms. The number of hydrogen-bond acceptors (Lipinski definition) is 4. The van der Waals surface area contributed by atoms with Crippen molar-refractivity contribution < 1.29 is 4.79 Å². The van der Waals surface area contributed by atoms with E-state index in [4.69, 9.17) is 0 Å². The normalized spacial score (nSPS) is 14.1. The number of amides is 1. The molecule has 1 amide bonds. The zero-order valence-electron chi connectivity index (χ0n) is 12.3. The predicted octanol–water partition coefficient (Wildman–Crippen LogP) is 3.10. The van der Waals surface area contributed by atoms with Crippen LogP contribution in [0.1, 0.15) is 19.8 Å². The first kappa shape index (κ1) is 15.6. The molecular formula is C15H17BrN4OS. The van der Waals surface area contributed by atoms with Crippen LogP contribution in [0.15, 0.2) is 33.9 Å². The molecule has 1 heterocycles. The Kier molecular flexibility index (Phi) is 4.83. The molecule has 1 fully saturated rings. The number of aromatic nitrogens is 3. The molecular weight excluding hydrogens is 364 g/mol. The Labute approximate surface area is 142 Å². The third-order valence-corrected chi connectivity index (χ3v) is 5.08. The van der Waals surface area contributed by atoms with Crippen LogP contribution >= 0.6 is 27.7 Å².